The highest BCUT2D eigenvalue weighted by Crippen LogP contribution is 2.24. The highest BCUT2D eigenvalue weighted by molar-refractivity contribution is 7.99. The average Bonchev–Trinajstić information content (AvgIpc) is 2.40. The third-order valence-electron chi connectivity index (χ3n) is 3.21. The zero-order valence-corrected chi connectivity index (χ0v) is 12.5. The molecule has 0 aliphatic carbocycles. The van der Waals surface area contributed by atoms with Crippen molar-refractivity contribution in [1.29, 1.82) is 0 Å². The van der Waals surface area contributed by atoms with Gasteiger partial charge in [-0.1, -0.05) is 30.3 Å². The first-order valence-electron chi connectivity index (χ1n) is 6.85. The fourth-order valence-corrected chi connectivity index (χ4v) is 3.29. The minimum absolute atomic E-state index is 0.119. The van der Waals surface area contributed by atoms with E-state index in [0.717, 1.165) is 30.2 Å². The summed E-state index contributed by atoms with van der Waals surface area (Å²) in [6, 6.07) is 10.1. The Bertz CT molecular complexity index is 402. The molecule has 0 bridgehead atoms. The van der Waals surface area contributed by atoms with Crippen molar-refractivity contribution in [3.05, 3.63) is 35.9 Å². The van der Waals surface area contributed by atoms with E-state index in [1.54, 1.807) is 0 Å². The zero-order chi connectivity index (χ0) is 13.7. The van der Waals surface area contributed by atoms with Gasteiger partial charge >= 0.3 is 0 Å². The molecule has 19 heavy (non-hydrogen) atoms. The van der Waals surface area contributed by atoms with E-state index >= 15 is 0 Å². The number of hydrogen-bond donors (Lipinski definition) is 1. The SMILES string of the molecule is CC(C)NC(=O)[C@H](c1ccccc1)N1CCSCC1. The summed E-state index contributed by atoms with van der Waals surface area (Å²) in [4.78, 5) is 14.8. The van der Waals surface area contributed by atoms with Gasteiger partial charge in [-0.2, -0.15) is 11.8 Å². The van der Waals surface area contributed by atoms with Crippen molar-refractivity contribution >= 4 is 17.7 Å². The molecule has 1 saturated heterocycles. The summed E-state index contributed by atoms with van der Waals surface area (Å²) >= 11 is 1.96. The summed E-state index contributed by atoms with van der Waals surface area (Å²) in [6.45, 7) is 5.98. The molecule has 3 nitrogen and oxygen atoms in total. The number of nitrogens with one attached hydrogen (secondary N) is 1. The molecular weight excluding hydrogens is 256 g/mol. The Morgan fingerprint density at radius 2 is 1.84 bits per heavy atom. The van der Waals surface area contributed by atoms with E-state index in [0.29, 0.717) is 0 Å². The molecule has 1 aromatic carbocycles. The van der Waals surface area contributed by atoms with Crippen LogP contribution in [0.15, 0.2) is 30.3 Å². The van der Waals surface area contributed by atoms with Crippen LogP contribution in [0, 0.1) is 0 Å². The first-order chi connectivity index (χ1) is 9.18. The van der Waals surface area contributed by atoms with Crippen molar-refractivity contribution in [2.24, 2.45) is 0 Å². The van der Waals surface area contributed by atoms with Gasteiger partial charge in [-0.15, -0.1) is 0 Å². The molecule has 0 spiro atoms. The molecule has 104 valence electrons. The Hall–Kier alpha value is -1.00. The Balaban J connectivity index is 2.19. The van der Waals surface area contributed by atoms with Gasteiger partial charge in [0.15, 0.2) is 0 Å². The molecule has 0 aromatic heterocycles. The molecule has 1 aliphatic rings. The van der Waals surface area contributed by atoms with Gasteiger partial charge in [-0.25, -0.2) is 0 Å². The number of carbonyl (C=O) groups excluding carboxylic acids is 1. The molecular formula is C15H22N2OS. The van der Waals surface area contributed by atoms with Crippen LogP contribution < -0.4 is 5.32 Å². The number of thioether (sulfide) groups is 1. The van der Waals surface area contributed by atoms with Crippen molar-refractivity contribution in [2.75, 3.05) is 24.6 Å². The lowest BCUT2D eigenvalue weighted by Gasteiger charge is -2.34. The van der Waals surface area contributed by atoms with E-state index in [9.17, 15) is 4.79 Å². The molecule has 1 amide bonds. The standard InChI is InChI=1S/C15H22N2OS/c1-12(2)16-15(18)14(13-6-4-3-5-7-13)17-8-10-19-11-9-17/h3-7,12,14H,8-11H2,1-2H3,(H,16,18)/t14-/m0/s1. The maximum absolute atomic E-state index is 12.5. The molecule has 0 unspecified atom stereocenters. The van der Waals surface area contributed by atoms with Crippen molar-refractivity contribution in [1.82, 2.24) is 10.2 Å². The maximum Gasteiger partial charge on any atom is 0.242 e. The second-order valence-corrected chi connectivity index (χ2v) is 6.35. The molecule has 1 fully saturated rings. The molecule has 1 aliphatic heterocycles. The molecule has 0 saturated carbocycles. The Kier molecular flexibility index (Phi) is 5.28. The van der Waals surface area contributed by atoms with E-state index in [1.807, 2.05) is 55.9 Å². The van der Waals surface area contributed by atoms with Crippen LogP contribution >= 0.6 is 11.8 Å². The zero-order valence-electron chi connectivity index (χ0n) is 11.6. The van der Waals surface area contributed by atoms with Crippen LogP contribution in [-0.2, 0) is 4.79 Å². The normalized spacial score (nSPS) is 18.3. The summed E-state index contributed by atoms with van der Waals surface area (Å²) in [7, 11) is 0. The highest BCUT2D eigenvalue weighted by atomic mass is 32.2. The topological polar surface area (TPSA) is 32.3 Å². The summed E-state index contributed by atoms with van der Waals surface area (Å²) in [6.07, 6.45) is 0. The number of nitrogens with zero attached hydrogens (tertiary/aromatic N) is 1. The monoisotopic (exact) mass is 278 g/mol. The molecule has 4 heteroatoms. The van der Waals surface area contributed by atoms with Gasteiger partial charge in [-0.05, 0) is 19.4 Å². The van der Waals surface area contributed by atoms with Crippen LogP contribution in [0.4, 0.5) is 0 Å². The van der Waals surface area contributed by atoms with Crippen molar-refractivity contribution < 1.29 is 4.79 Å². The number of rotatable bonds is 4. The lowest BCUT2D eigenvalue weighted by molar-refractivity contribution is -0.127. The molecule has 1 atom stereocenters. The Morgan fingerprint density at radius 3 is 2.42 bits per heavy atom. The summed E-state index contributed by atoms with van der Waals surface area (Å²) in [5.74, 6) is 2.34. The minimum atomic E-state index is -0.149. The van der Waals surface area contributed by atoms with Gasteiger partial charge < -0.3 is 5.32 Å². The third kappa shape index (κ3) is 3.98. The van der Waals surface area contributed by atoms with Crippen LogP contribution in [0.5, 0.6) is 0 Å². The van der Waals surface area contributed by atoms with Gasteiger partial charge in [0.2, 0.25) is 5.91 Å². The van der Waals surface area contributed by atoms with Crippen molar-refractivity contribution in [3.8, 4) is 0 Å². The second kappa shape index (κ2) is 6.96. The molecule has 2 rings (SSSR count). The van der Waals surface area contributed by atoms with Crippen LogP contribution in [0.25, 0.3) is 0 Å². The number of carbonyl (C=O) groups is 1. The van der Waals surface area contributed by atoms with E-state index < -0.39 is 0 Å². The van der Waals surface area contributed by atoms with Gasteiger partial charge in [0, 0.05) is 30.6 Å². The predicted octanol–water partition coefficient (Wildman–Crippen LogP) is 2.30. The van der Waals surface area contributed by atoms with Crippen LogP contribution in [0.2, 0.25) is 0 Å². The van der Waals surface area contributed by atoms with Crippen molar-refractivity contribution in [2.45, 2.75) is 25.9 Å². The second-order valence-electron chi connectivity index (χ2n) is 5.12. The molecule has 1 aromatic rings. The van der Waals surface area contributed by atoms with Gasteiger partial charge in [0.1, 0.15) is 6.04 Å². The van der Waals surface area contributed by atoms with Crippen LogP contribution in [-0.4, -0.2) is 41.4 Å². The lowest BCUT2D eigenvalue weighted by Crippen LogP contribution is -2.45. The van der Waals surface area contributed by atoms with Crippen LogP contribution in [0.1, 0.15) is 25.5 Å². The van der Waals surface area contributed by atoms with Gasteiger partial charge in [0.05, 0.1) is 0 Å². The summed E-state index contributed by atoms with van der Waals surface area (Å²) in [5, 5.41) is 3.05. The predicted molar refractivity (Wildman–Crippen MR) is 81.4 cm³/mol. The largest absolute Gasteiger partial charge is 0.352 e. The van der Waals surface area contributed by atoms with Crippen molar-refractivity contribution in [3.63, 3.8) is 0 Å². The first-order valence-corrected chi connectivity index (χ1v) is 8.01. The van der Waals surface area contributed by atoms with Gasteiger partial charge in [0.25, 0.3) is 0 Å². The number of benzene rings is 1. The molecule has 0 radical (unpaired) electrons. The Labute approximate surface area is 119 Å². The molecule has 1 heterocycles. The fraction of sp³-hybridized carbons (Fsp3) is 0.533. The number of hydrogen-bond acceptors (Lipinski definition) is 3. The fourth-order valence-electron chi connectivity index (χ4n) is 2.36. The third-order valence-corrected chi connectivity index (χ3v) is 4.15. The Morgan fingerprint density at radius 1 is 1.21 bits per heavy atom. The first kappa shape index (κ1) is 14.4. The van der Waals surface area contributed by atoms with E-state index in [4.69, 9.17) is 0 Å². The minimum Gasteiger partial charge on any atom is -0.352 e. The molecule has 1 N–H and O–H groups in total. The highest BCUT2D eigenvalue weighted by Gasteiger charge is 2.28. The van der Waals surface area contributed by atoms with Crippen LogP contribution in [0.3, 0.4) is 0 Å². The lowest BCUT2D eigenvalue weighted by atomic mass is 10.0. The summed E-state index contributed by atoms with van der Waals surface area (Å²) in [5.41, 5.74) is 1.09. The maximum atomic E-state index is 12.5. The van der Waals surface area contributed by atoms with E-state index in [2.05, 4.69) is 10.2 Å². The summed E-state index contributed by atoms with van der Waals surface area (Å²) < 4.78 is 0. The van der Waals surface area contributed by atoms with E-state index in [-0.39, 0.29) is 18.0 Å². The number of amides is 1. The average molecular weight is 278 g/mol. The quantitative estimate of drug-likeness (QED) is 0.917. The smallest absolute Gasteiger partial charge is 0.242 e. The van der Waals surface area contributed by atoms with E-state index in [1.165, 1.54) is 0 Å². The van der Waals surface area contributed by atoms with Gasteiger partial charge in [-0.3, -0.25) is 9.69 Å².